The number of alkyl halides is 3. The second-order valence-corrected chi connectivity index (χ2v) is 5.46. The molecule has 5 nitrogen and oxygen atoms in total. The Morgan fingerprint density at radius 1 is 1.12 bits per heavy atom. The molecule has 0 atom stereocenters. The number of aromatic nitrogens is 2. The Balaban J connectivity index is 1.69. The summed E-state index contributed by atoms with van der Waals surface area (Å²) in [5.74, 6) is 1.17. The third kappa shape index (κ3) is 4.27. The van der Waals surface area contributed by atoms with E-state index in [-0.39, 0.29) is 12.3 Å². The Morgan fingerprint density at radius 2 is 1.88 bits per heavy atom. The number of halogens is 3. The second-order valence-electron chi connectivity index (χ2n) is 5.46. The highest BCUT2D eigenvalue weighted by Gasteiger charge is 2.31. The van der Waals surface area contributed by atoms with Crippen LogP contribution in [0.3, 0.4) is 0 Å². The van der Waals surface area contributed by atoms with Crippen molar-refractivity contribution in [1.29, 1.82) is 0 Å². The molecular weight excluding hydrogens is 321 g/mol. The average Bonchev–Trinajstić information content (AvgIpc) is 3.07. The van der Waals surface area contributed by atoms with E-state index in [9.17, 15) is 13.2 Å². The van der Waals surface area contributed by atoms with Gasteiger partial charge in [-0.05, 0) is 18.9 Å². The van der Waals surface area contributed by atoms with Crippen LogP contribution >= 0.6 is 0 Å². The van der Waals surface area contributed by atoms with Gasteiger partial charge < -0.3 is 15.0 Å². The number of hydrogen-bond donors (Lipinski definition) is 1. The van der Waals surface area contributed by atoms with E-state index in [1.807, 2.05) is 0 Å². The van der Waals surface area contributed by atoms with Gasteiger partial charge in [-0.25, -0.2) is 9.97 Å². The summed E-state index contributed by atoms with van der Waals surface area (Å²) in [5, 5.41) is 3.03. The van der Waals surface area contributed by atoms with Crippen LogP contribution in [0.2, 0.25) is 0 Å². The quantitative estimate of drug-likeness (QED) is 0.903. The average molecular weight is 338 g/mol. The number of nitrogens with one attached hydrogen (secondary N) is 1. The van der Waals surface area contributed by atoms with Crippen molar-refractivity contribution < 1.29 is 17.9 Å². The Hall–Kier alpha value is -2.51. The Kier molecular flexibility index (Phi) is 4.73. The maximum absolute atomic E-state index is 12.4. The predicted molar refractivity (Wildman–Crippen MR) is 83.9 cm³/mol. The molecule has 0 amide bonds. The summed E-state index contributed by atoms with van der Waals surface area (Å²) in [5.41, 5.74) is 0.399. The van der Waals surface area contributed by atoms with Crippen LogP contribution in [0.15, 0.2) is 36.7 Å². The van der Waals surface area contributed by atoms with E-state index < -0.39 is 6.36 Å². The number of nitrogens with zero attached hydrogens (tertiary/aromatic N) is 3. The maximum atomic E-state index is 12.4. The van der Waals surface area contributed by atoms with Gasteiger partial charge in [-0.15, -0.1) is 13.2 Å². The van der Waals surface area contributed by atoms with Crippen LogP contribution in [0.5, 0.6) is 5.75 Å². The van der Waals surface area contributed by atoms with E-state index in [0.29, 0.717) is 11.4 Å². The minimum absolute atomic E-state index is 0.169. The second kappa shape index (κ2) is 6.94. The van der Waals surface area contributed by atoms with E-state index >= 15 is 0 Å². The predicted octanol–water partition coefficient (Wildman–Crippen LogP) is 3.59. The maximum Gasteiger partial charge on any atom is 0.573 e. The van der Waals surface area contributed by atoms with Crippen molar-refractivity contribution in [2.45, 2.75) is 25.7 Å². The van der Waals surface area contributed by atoms with Crippen molar-refractivity contribution in [1.82, 2.24) is 9.97 Å². The van der Waals surface area contributed by atoms with Crippen LogP contribution in [0.4, 0.5) is 24.8 Å². The summed E-state index contributed by atoms with van der Waals surface area (Å²) in [7, 11) is 0. The summed E-state index contributed by atoms with van der Waals surface area (Å²) < 4.78 is 41.4. The van der Waals surface area contributed by atoms with E-state index in [1.165, 1.54) is 18.5 Å². The highest BCUT2D eigenvalue weighted by Crippen LogP contribution is 2.27. The Labute approximate surface area is 137 Å². The van der Waals surface area contributed by atoms with Gasteiger partial charge in [0.05, 0.1) is 0 Å². The fourth-order valence-electron chi connectivity index (χ4n) is 2.62. The normalized spacial score (nSPS) is 14.7. The molecule has 1 aliphatic rings. The molecule has 128 valence electrons. The summed E-state index contributed by atoms with van der Waals surface area (Å²) in [6.45, 7) is 2.08. The first-order chi connectivity index (χ1) is 11.5. The van der Waals surface area contributed by atoms with Crippen LogP contribution in [0.1, 0.15) is 18.4 Å². The molecule has 0 unspecified atom stereocenters. The minimum atomic E-state index is -4.71. The van der Waals surface area contributed by atoms with Crippen molar-refractivity contribution >= 4 is 11.6 Å². The van der Waals surface area contributed by atoms with Gasteiger partial charge in [0.2, 0.25) is 0 Å². The van der Waals surface area contributed by atoms with Gasteiger partial charge in [-0.2, -0.15) is 0 Å². The van der Waals surface area contributed by atoms with Crippen molar-refractivity contribution in [3.05, 3.63) is 42.2 Å². The van der Waals surface area contributed by atoms with Gasteiger partial charge in [-0.1, -0.05) is 18.2 Å². The lowest BCUT2D eigenvalue weighted by Crippen LogP contribution is -2.19. The lowest BCUT2D eigenvalue weighted by Gasteiger charge is -2.17. The van der Waals surface area contributed by atoms with Crippen molar-refractivity contribution in [2.75, 3.05) is 23.3 Å². The fourth-order valence-corrected chi connectivity index (χ4v) is 2.62. The molecule has 2 heterocycles. The van der Waals surface area contributed by atoms with Crippen LogP contribution < -0.4 is 15.0 Å². The molecule has 1 aromatic heterocycles. The van der Waals surface area contributed by atoms with Gasteiger partial charge in [-0.3, -0.25) is 0 Å². The zero-order valence-corrected chi connectivity index (χ0v) is 12.9. The molecule has 1 aliphatic heterocycles. The molecular formula is C16H17F3N4O. The van der Waals surface area contributed by atoms with E-state index in [1.54, 1.807) is 18.2 Å². The number of hydrogen-bond acceptors (Lipinski definition) is 5. The van der Waals surface area contributed by atoms with Gasteiger partial charge in [0.25, 0.3) is 0 Å². The molecule has 0 radical (unpaired) electrons. The number of benzene rings is 1. The van der Waals surface area contributed by atoms with Gasteiger partial charge >= 0.3 is 6.36 Å². The molecule has 1 saturated heterocycles. The third-order valence-corrected chi connectivity index (χ3v) is 3.74. The SMILES string of the molecule is FC(F)(F)Oc1ccccc1CNc1cc(N2CCCC2)ncn1. The molecule has 1 N–H and O–H groups in total. The van der Waals surface area contributed by atoms with E-state index in [4.69, 9.17) is 0 Å². The first-order valence-corrected chi connectivity index (χ1v) is 7.66. The number of para-hydroxylation sites is 1. The molecule has 0 spiro atoms. The molecule has 0 bridgehead atoms. The summed E-state index contributed by atoms with van der Waals surface area (Å²) in [6, 6.07) is 7.84. The van der Waals surface area contributed by atoms with Gasteiger partial charge in [0.1, 0.15) is 23.7 Å². The number of rotatable bonds is 5. The molecule has 0 saturated carbocycles. The fraction of sp³-hybridized carbons (Fsp3) is 0.375. The highest BCUT2D eigenvalue weighted by molar-refractivity contribution is 5.49. The first kappa shape index (κ1) is 16.4. The van der Waals surface area contributed by atoms with Gasteiger partial charge in [0, 0.05) is 31.3 Å². The Bertz CT molecular complexity index is 687. The molecule has 0 aliphatic carbocycles. The molecule has 8 heteroatoms. The summed E-state index contributed by atoms with van der Waals surface area (Å²) in [6.07, 6.45) is -0.994. The largest absolute Gasteiger partial charge is 0.573 e. The van der Waals surface area contributed by atoms with Crippen LogP contribution in [-0.2, 0) is 6.54 Å². The third-order valence-electron chi connectivity index (χ3n) is 3.74. The lowest BCUT2D eigenvalue weighted by molar-refractivity contribution is -0.274. The molecule has 1 aromatic carbocycles. The standard InChI is InChI=1S/C16H17F3N4O/c17-16(18,19)24-13-6-2-1-5-12(13)10-20-14-9-15(22-11-21-14)23-7-3-4-8-23/h1-2,5-6,9,11H,3-4,7-8,10H2,(H,20,21,22). The molecule has 3 rings (SSSR count). The number of ether oxygens (including phenoxy) is 1. The van der Waals surface area contributed by atoms with E-state index in [0.717, 1.165) is 31.7 Å². The summed E-state index contributed by atoms with van der Waals surface area (Å²) in [4.78, 5) is 10.5. The zero-order valence-electron chi connectivity index (χ0n) is 12.9. The van der Waals surface area contributed by atoms with Crippen LogP contribution in [0, 0.1) is 0 Å². The molecule has 24 heavy (non-hydrogen) atoms. The monoisotopic (exact) mass is 338 g/mol. The van der Waals surface area contributed by atoms with Crippen LogP contribution in [0.25, 0.3) is 0 Å². The van der Waals surface area contributed by atoms with Crippen molar-refractivity contribution in [2.24, 2.45) is 0 Å². The van der Waals surface area contributed by atoms with E-state index in [2.05, 4.69) is 24.9 Å². The zero-order chi connectivity index (χ0) is 17.0. The van der Waals surface area contributed by atoms with Crippen molar-refractivity contribution in [3.8, 4) is 5.75 Å². The molecule has 2 aromatic rings. The number of anilines is 2. The minimum Gasteiger partial charge on any atom is -0.405 e. The highest BCUT2D eigenvalue weighted by atomic mass is 19.4. The smallest absolute Gasteiger partial charge is 0.405 e. The first-order valence-electron chi connectivity index (χ1n) is 7.66. The Morgan fingerprint density at radius 3 is 2.62 bits per heavy atom. The van der Waals surface area contributed by atoms with Crippen molar-refractivity contribution in [3.63, 3.8) is 0 Å². The lowest BCUT2D eigenvalue weighted by atomic mass is 10.2. The van der Waals surface area contributed by atoms with Crippen LogP contribution in [-0.4, -0.2) is 29.4 Å². The summed E-state index contributed by atoms with van der Waals surface area (Å²) >= 11 is 0. The topological polar surface area (TPSA) is 50.3 Å². The van der Waals surface area contributed by atoms with Gasteiger partial charge in [0.15, 0.2) is 0 Å². The molecule has 1 fully saturated rings.